The summed E-state index contributed by atoms with van der Waals surface area (Å²) in [5.74, 6) is 0.256. The van der Waals surface area contributed by atoms with Gasteiger partial charge in [0.2, 0.25) is 0 Å². The zero-order valence-corrected chi connectivity index (χ0v) is 20.3. The number of fused-ring (bicyclic) bond motifs is 2. The van der Waals surface area contributed by atoms with Crippen molar-refractivity contribution >= 4 is 22.7 Å². The zero-order valence-electron chi connectivity index (χ0n) is 20.3. The number of rotatable bonds is 4. The van der Waals surface area contributed by atoms with Gasteiger partial charge in [-0.1, -0.05) is 6.07 Å². The number of nitrogens with zero attached hydrogens (tertiary/aromatic N) is 3. The summed E-state index contributed by atoms with van der Waals surface area (Å²) in [7, 11) is 0. The van der Waals surface area contributed by atoms with Crippen molar-refractivity contribution in [2.24, 2.45) is 5.92 Å². The molecule has 0 spiro atoms. The van der Waals surface area contributed by atoms with Crippen LogP contribution in [0.4, 0.5) is 0 Å². The molecule has 6 rings (SSSR count). The number of aromatic nitrogens is 2. The van der Waals surface area contributed by atoms with Crippen molar-refractivity contribution in [1.29, 1.82) is 0 Å². The van der Waals surface area contributed by atoms with Crippen LogP contribution >= 0.6 is 0 Å². The van der Waals surface area contributed by atoms with Gasteiger partial charge < -0.3 is 25.0 Å². The topological polar surface area (TPSA) is 111 Å². The lowest BCUT2D eigenvalue weighted by molar-refractivity contribution is 0.0663. The molecule has 2 fully saturated rings. The van der Waals surface area contributed by atoms with E-state index in [2.05, 4.69) is 15.5 Å². The van der Waals surface area contributed by atoms with Gasteiger partial charge >= 0.3 is 0 Å². The van der Waals surface area contributed by atoms with Crippen LogP contribution in [0.1, 0.15) is 50.4 Å². The van der Waals surface area contributed by atoms with Crippen molar-refractivity contribution in [3.63, 3.8) is 0 Å². The van der Waals surface area contributed by atoms with E-state index in [-0.39, 0.29) is 23.1 Å². The number of hydrogen-bond donors (Lipinski definition) is 3. The van der Waals surface area contributed by atoms with Gasteiger partial charge in [-0.15, -0.1) is 0 Å². The van der Waals surface area contributed by atoms with Gasteiger partial charge in [-0.3, -0.25) is 14.7 Å². The minimum Gasteiger partial charge on any atom is -0.507 e. The molecule has 3 aromatic rings. The van der Waals surface area contributed by atoms with Crippen LogP contribution in [0.3, 0.4) is 0 Å². The van der Waals surface area contributed by atoms with Crippen LogP contribution in [-0.2, 0) is 24.2 Å². The van der Waals surface area contributed by atoms with Gasteiger partial charge in [0.1, 0.15) is 5.75 Å². The molecule has 3 aliphatic rings. The summed E-state index contributed by atoms with van der Waals surface area (Å²) in [5, 5.41) is 22.3. The van der Waals surface area contributed by atoms with Gasteiger partial charge in [-0.05, 0) is 54.5 Å². The van der Waals surface area contributed by atoms with Crippen LogP contribution in [0.15, 0.2) is 30.3 Å². The van der Waals surface area contributed by atoms with E-state index in [1.54, 1.807) is 17.0 Å². The number of aromatic amines is 1. The molecular weight excluding hydrogens is 458 g/mol. The molecule has 9 nitrogen and oxygen atoms in total. The molecule has 3 N–H and O–H groups in total. The third-order valence-electron chi connectivity index (χ3n) is 7.68. The summed E-state index contributed by atoms with van der Waals surface area (Å²) >= 11 is 0. The van der Waals surface area contributed by atoms with E-state index in [1.807, 2.05) is 23.1 Å². The molecule has 36 heavy (non-hydrogen) atoms. The van der Waals surface area contributed by atoms with Crippen molar-refractivity contribution in [2.75, 3.05) is 39.4 Å². The molecule has 9 heteroatoms. The summed E-state index contributed by atoms with van der Waals surface area (Å²) in [6.45, 7) is 5.42. The van der Waals surface area contributed by atoms with Gasteiger partial charge in [0.25, 0.3) is 11.8 Å². The number of phenolic OH excluding ortho intramolecular Hbond substituents is 1. The van der Waals surface area contributed by atoms with Crippen LogP contribution in [0.5, 0.6) is 5.75 Å². The maximum atomic E-state index is 13.5. The van der Waals surface area contributed by atoms with Crippen LogP contribution < -0.4 is 5.32 Å². The maximum Gasteiger partial charge on any atom is 0.258 e. The van der Waals surface area contributed by atoms with E-state index in [0.717, 1.165) is 73.3 Å². The number of benzene rings is 2. The Morgan fingerprint density at radius 1 is 1.00 bits per heavy atom. The molecule has 0 aliphatic carbocycles. The molecule has 2 aromatic carbocycles. The van der Waals surface area contributed by atoms with E-state index < -0.39 is 0 Å². The van der Waals surface area contributed by atoms with Crippen LogP contribution in [-0.4, -0.2) is 76.3 Å². The monoisotopic (exact) mass is 489 g/mol. The molecule has 0 unspecified atom stereocenters. The quantitative estimate of drug-likeness (QED) is 0.519. The Balaban J connectivity index is 1.21. The van der Waals surface area contributed by atoms with Crippen molar-refractivity contribution < 1.29 is 19.4 Å². The lowest BCUT2D eigenvalue weighted by Gasteiger charge is -2.27. The fourth-order valence-electron chi connectivity index (χ4n) is 5.55. The Morgan fingerprint density at radius 2 is 1.78 bits per heavy atom. The third-order valence-corrected chi connectivity index (χ3v) is 7.68. The van der Waals surface area contributed by atoms with Crippen molar-refractivity contribution in [3.8, 4) is 5.75 Å². The predicted octanol–water partition coefficient (Wildman–Crippen LogP) is 2.44. The Kier molecular flexibility index (Phi) is 6.10. The van der Waals surface area contributed by atoms with E-state index in [0.29, 0.717) is 37.7 Å². The minimum absolute atomic E-state index is 0.0317. The second-order valence-corrected chi connectivity index (χ2v) is 10.0. The average molecular weight is 490 g/mol. The summed E-state index contributed by atoms with van der Waals surface area (Å²) < 4.78 is 5.47. The number of carbonyl (C=O) groups excluding carboxylic acids is 2. The minimum atomic E-state index is -0.223. The highest BCUT2D eigenvalue weighted by Gasteiger charge is 2.28. The van der Waals surface area contributed by atoms with Gasteiger partial charge in [-0.25, -0.2) is 0 Å². The van der Waals surface area contributed by atoms with Crippen LogP contribution in [0, 0.1) is 5.92 Å². The normalized spacial score (nSPS) is 18.6. The first kappa shape index (κ1) is 23.0. The smallest absolute Gasteiger partial charge is 0.258 e. The SMILES string of the molecule is O=C(c1ccc2c(c1)CN(C(=O)c1cc3c(CC4CCOCC4)n[nH]c3cc1O)C2)N1CCNCC1. The number of aromatic hydroxyl groups is 1. The molecule has 0 saturated carbocycles. The molecule has 0 radical (unpaired) electrons. The second-order valence-electron chi connectivity index (χ2n) is 10.0. The number of ether oxygens (including phenoxy) is 1. The molecule has 0 atom stereocenters. The lowest BCUT2D eigenvalue weighted by atomic mass is 9.93. The zero-order chi connectivity index (χ0) is 24.6. The summed E-state index contributed by atoms with van der Waals surface area (Å²) in [6.07, 6.45) is 2.83. The number of nitrogens with one attached hydrogen (secondary N) is 2. The Labute approximate surface area is 209 Å². The highest BCUT2D eigenvalue weighted by atomic mass is 16.5. The first-order valence-corrected chi connectivity index (χ1v) is 12.8. The lowest BCUT2D eigenvalue weighted by Crippen LogP contribution is -2.46. The predicted molar refractivity (Wildman–Crippen MR) is 134 cm³/mol. The Bertz CT molecular complexity index is 1310. The Morgan fingerprint density at radius 3 is 2.58 bits per heavy atom. The van der Waals surface area contributed by atoms with E-state index in [9.17, 15) is 14.7 Å². The van der Waals surface area contributed by atoms with Crippen molar-refractivity contribution in [2.45, 2.75) is 32.4 Å². The number of piperazine rings is 1. The largest absolute Gasteiger partial charge is 0.507 e. The number of amides is 2. The molecule has 1 aromatic heterocycles. The maximum absolute atomic E-state index is 13.5. The van der Waals surface area contributed by atoms with E-state index in [4.69, 9.17) is 4.74 Å². The first-order valence-electron chi connectivity index (χ1n) is 12.8. The number of phenols is 1. The highest BCUT2D eigenvalue weighted by molar-refractivity contribution is 6.01. The highest BCUT2D eigenvalue weighted by Crippen LogP contribution is 2.32. The molecule has 2 amide bonds. The summed E-state index contributed by atoms with van der Waals surface area (Å²) in [6, 6.07) is 9.08. The van der Waals surface area contributed by atoms with Crippen molar-refractivity contribution in [3.05, 3.63) is 58.3 Å². The summed E-state index contributed by atoms with van der Waals surface area (Å²) in [4.78, 5) is 30.0. The van der Waals surface area contributed by atoms with E-state index >= 15 is 0 Å². The first-order chi connectivity index (χ1) is 17.6. The fraction of sp³-hybridized carbons (Fsp3) is 0.444. The van der Waals surface area contributed by atoms with E-state index in [1.165, 1.54) is 0 Å². The summed E-state index contributed by atoms with van der Waals surface area (Å²) in [5.41, 5.74) is 4.60. The molecule has 2 saturated heterocycles. The fourth-order valence-corrected chi connectivity index (χ4v) is 5.55. The standard InChI is InChI=1S/C27H31N5O4/c33-25-14-24-21(23(29-30-24)11-17-3-9-36-10-4-17)13-22(25)27(35)32-15-19-2-1-18(12-20(19)16-32)26(34)31-7-5-28-6-8-31/h1-2,12-14,17,28,33H,3-11,15-16H2,(H,29,30). The number of H-pyrrole nitrogens is 1. The Hall–Kier alpha value is -3.43. The van der Waals surface area contributed by atoms with Crippen molar-refractivity contribution in [1.82, 2.24) is 25.3 Å². The molecule has 188 valence electrons. The molecule has 0 bridgehead atoms. The van der Waals surface area contributed by atoms with Crippen LogP contribution in [0.2, 0.25) is 0 Å². The number of hydrogen-bond acceptors (Lipinski definition) is 6. The van der Waals surface area contributed by atoms with Gasteiger partial charge in [0, 0.05) is 69.5 Å². The molecular formula is C27H31N5O4. The second kappa shape index (κ2) is 9.55. The van der Waals surface area contributed by atoms with Gasteiger partial charge in [-0.2, -0.15) is 5.10 Å². The van der Waals surface area contributed by atoms with Gasteiger partial charge in [0.05, 0.1) is 16.8 Å². The number of carbonyl (C=O) groups is 2. The van der Waals surface area contributed by atoms with Gasteiger partial charge in [0.15, 0.2) is 0 Å². The molecule has 3 aliphatic heterocycles. The van der Waals surface area contributed by atoms with Crippen LogP contribution in [0.25, 0.3) is 10.9 Å². The third kappa shape index (κ3) is 4.33. The molecule has 4 heterocycles. The average Bonchev–Trinajstić information content (AvgIpc) is 3.52.